The van der Waals surface area contributed by atoms with Crippen molar-refractivity contribution < 1.29 is 5.11 Å². The van der Waals surface area contributed by atoms with Gasteiger partial charge in [-0.25, -0.2) is 0 Å². The Morgan fingerprint density at radius 3 is 2.50 bits per heavy atom. The zero-order valence-corrected chi connectivity index (χ0v) is 6.80. The smallest absolute Gasteiger partial charge is 0.0497 e. The van der Waals surface area contributed by atoms with Crippen LogP contribution in [0.2, 0.25) is 0 Å². The van der Waals surface area contributed by atoms with E-state index >= 15 is 0 Å². The maximum absolute atomic E-state index is 8.88. The first kappa shape index (κ1) is 9.66. The van der Waals surface area contributed by atoms with Crippen LogP contribution in [-0.2, 0) is 0 Å². The van der Waals surface area contributed by atoms with Crippen molar-refractivity contribution in [3.8, 4) is 0 Å². The summed E-state index contributed by atoms with van der Waals surface area (Å²) in [6, 6.07) is 0.00926. The lowest BCUT2D eigenvalue weighted by molar-refractivity contribution is 0.133. The van der Waals surface area contributed by atoms with Gasteiger partial charge < -0.3 is 10.8 Å². The summed E-state index contributed by atoms with van der Waals surface area (Å²) in [7, 11) is 0. The minimum absolute atomic E-state index is 0.00926. The molecule has 0 aliphatic heterocycles. The summed E-state index contributed by atoms with van der Waals surface area (Å²) in [5.41, 5.74) is 5.55. The van der Waals surface area contributed by atoms with E-state index < -0.39 is 0 Å². The van der Waals surface area contributed by atoms with Gasteiger partial charge in [-0.1, -0.05) is 19.9 Å². The SMILES string of the molecule is C=CCC(N)C(C)(C)CO. The molecule has 2 nitrogen and oxygen atoms in total. The molecule has 0 aromatic rings. The molecule has 3 N–H and O–H groups in total. The van der Waals surface area contributed by atoms with Gasteiger partial charge in [0.2, 0.25) is 0 Å². The lowest BCUT2D eigenvalue weighted by Gasteiger charge is -2.28. The molecule has 0 radical (unpaired) electrons. The van der Waals surface area contributed by atoms with E-state index in [-0.39, 0.29) is 18.1 Å². The molecule has 1 unspecified atom stereocenters. The molecule has 0 saturated heterocycles. The fourth-order valence-corrected chi connectivity index (χ4v) is 0.616. The Balaban J connectivity index is 3.89. The molecule has 0 aromatic heterocycles. The molecule has 0 rings (SSSR count). The molecule has 0 bridgehead atoms. The number of hydrogen-bond donors (Lipinski definition) is 2. The number of hydrogen-bond acceptors (Lipinski definition) is 2. The number of rotatable bonds is 4. The topological polar surface area (TPSA) is 46.2 Å². The van der Waals surface area contributed by atoms with Crippen LogP contribution in [0.4, 0.5) is 0 Å². The van der Waals surface area contributed by atoms with E-state index in [1.807, 2.05) is 13.8 Å². The van der Waals surface area contributed by atoms with Crippen LogP contribution >= 0.6 is 0 Å². The van der Waals surface area contributed by atoms with E-state index in [9.17, 15) is 0 Å². The predicted octanol–water partition coefficient (Wildman–Crippen LogP) is 0.908. The number of nitrogens with two attached hydrogens (primary N) is 1. The lowest BCUT2D eigenvalue weighted by atomic mass is 9.84. The summed E-state index contributed by atoms with van der Waals surface area (Å²) in [6.07, 6.45) is 2.54. The Morgan fingerprint density at radius 2 is 2.20 bits per heavy atom. The molecule has 0 aromatic carbocycles. The summed E-state index contributed by atoms with van der Waals surface area (Å²) in [6.45, 7) is 7.61. The van der Waals surface area contributed by atoms with Crippen molar-refractivity contribution in [1.29, 1.82) is 0 Å². The van der Waals surface area contributed by atoms with Gasteiger partial charge in [-0.3, -0.25) is 0 Å². The third kappa shape index (κ3) is 2.50. The van der Waals surface area contributed by atoms with E-state index in [1.54, 1.807) is 6.08 Å². The van der Waals surface area contributed by atoms with Gasteiger partial charge in [0.25, 0.3) is 0 Å². The average molecular weight is 143 g/mol. The van der Waals surface area contributed by atoms with E-state index in [4.69, 9.17) is 10.8 Å². The van der Waals surface area contributed by atoms with E-state index in [2.05, 4.69) is 6.58 Å². The summed E-state index contributed by atoms with van der Waals surface area (Å²) < 4.78 is 0. The first-order chi connectivity index (χ1) is 4.54. The van der Waals surface area contributed by atoms with E-state index in [0.29, 0.717) is 0 Å². The van der Waals surface area contributed by atoms with Crippen molar-refractivity contribution >= 4 is 0 Å². The lowest BCUT2D eigenvalue weighted by Crippen LogP contribution is -2.39. The maximum atomic E-state index is 8.88. The van der Waals surface area contributed by atoms with Crippen molar-refractivity contribution in [2.75, 3.05) is 6.61 Å². The molecule has 0 aliphatic rings. The van der Waals surface area contributed by atoms with Gasteiger partial charge >= 0.3 is 0 Å². The zero-order chi connectivity index (χ0) is 8.20. The predicted molar refractivity (Wildman–Crippen MR) is 43.7 cm³/mol. The van der Waals surface area contributed by atoms with Gasteiger partial charge in [-0.05, 0) is 6.42 Å². The van der Waals surface area contributed by atoms with Crippen LogP contribution in [0.5, 0.6) is 0 Å². The molecular weight excluding hydrogens is 126 g/mol. The quantitative estimate of drug-likeness (QED) is 0.574. The maximum Gasteiger partial charge on any atom is 0.0497 e. The highest BCUT2D eigenvalue weighted by Gasteiger charge is 2.23. The highest BCUT2D eigenvalue weighted by molar-refractivity contribution is 4.86. The molecule has 0 fully saturated rings. The van der Waals surface area contributed by atoms with Crippen LogP contribution < -0.4 is 5.73 Å². The van der Waals surface area contributed by atoms with Crippen molar-refractivity contribution in [2.45, 2.75) is 26.3 Å². The number of aliphatic hydroxyl groups is 1. The van der Waals surface area contributed by atoms with Gasteiger partial charge in [0.1, 0.15) is 0 Å². The summed E-state index contributed by atoms with van der Waals surface area (Å²) in [4.78, 5) is 0. The minimum Gasteiger partial charge on any atom is -0.396 e. The van der Waals surface area contributed by atoms with Crippen molar-refractivity contribution in [2.24, 2.45) is 11.1 Å². The minimum atomic E-state index is -0.186. The Hall–Kier alpha value is -0.340. The second-order valence-electron chi connectivity index (χ2n) is 3.28. The van der Waals surface area contributed by atoms with E-state index in [1.165, 1.54) is 0 Å². The molecule has 0 amide bonds. The largest absolute Gasteiger partial charge is 0.396 e. The van der Waals surface area contributed by atoms with Gasteiger partial charge in [0.15, 0.2) is 0 Å². The van der Waals surface area contributed by atoms with Crippen molar-refractivity contribution in [1.82, 2.24) is 0 Å². The van der Waals surface area contributed by atoms with Crippen LogP contribution in [0, 0.1) is 5.41 Å². The summed E-state index contributed by atoms with van der Waals surface area (Å²) in [5, 5.41) is 8.88. The molecule has 2 heteroatoms. The van der Waals surface area contributed by atoms with Crippen LogP contribution in [0.3, 0.4) is 0 Å². The molecule has 0 heterocycles. The van der Waals surface area contributed by atoms with Gasteiger partial charge in [-0.2, -0.15) is 0 Å². The second kappa shape index (κ2) is 3.74. The first-order valence-electron chi connectivity index (χ1n) is 3.52. The number of aliphatic hydroxyl groups excluding tert-OH is 1. The third-order valence-electron chi connectivity index (χ3n) is 1.83. The molecule has 1 atom stereocenters. The van der Waals surface area contributed by atoms with E-state index in [0.717, 1.165) is 6.42 Å². The fraction of sp³-hybridized carbons (Fsp3) is 0.750. The van der Waals surface area contributed by atoms with Crippen molar-refractivity contribution in [3.05, 3.63) is 12.7 Å². The Labute approximate surface area is 62.7 Å². The molecule has 10 heavy (non-hydrogen) atoms. The Morgan fingerprint density at radius 1 is 1.70 bits per heavy atom. The van der Waals surface area contributed by atoms with Crippen LogP contribution in [-0.4, -0.2) is 17.8 Å². The second-order valence-corrected chi connectivity index (χ2v) is 3.28. The molecule has 0 aliphatic carbocycles. The standard InChI is InChI=1S/C8H17NO/c1-4-5-7(9)8(2,3)6-10/h4,7,10H,1,5-6,9H2,2-3H3. The van der Waals surface area contributed by atoms with Crippen molar-refractivity contribution in [3.63, 3.8) is 0 Å². The van der Waals surface area contributed by atoms with Crippen LogP contribution in [0.15, 0.2) is 12.7 Å². The van der Waals surface area contributed by atoms with Gasteiger partial charge in [-0.15, -0.1) is 6.58 Å². The Bertz CT molecular complexity index is 110. The Kier molecular flexibility index (Phi) is 3.61. The van der Waals surface area contributed by atoms with Crippen LogP contribution in [0.1, 0.15) is 20.3 Å². The fourth-order valence-electron chi connectivity index (χ4n) is 0.616. The molecule has 0 saturated carbocycles. The zero-order valence-electron chi connectivity index (χ0n) is 6.80. The van der Waals surface area contributed by atoms with Gasteiger partial charge in [0, 0.05) is 18.1 Å². The summed E-state index contributed by atoms with van der Waals surface area (Å²) >= 11 is 0. The normalized spacial score (nSPS) is 14.8. The average Bonchev–Trinajstić information content (AvgIpc) is 1.89. The molecule has 0 spiro atoms. The first-order valence-corrected chi connectivity index (χ1v) is 3.52. The monoisotopic (exact) mass is 143 g/mol. The van der Waals surface area contributed by atoms with Crippen LogP contribution in [0.25, 0.3) is 0 Å². The summed E-state index contributed by atoms with van der Waals surface area (Å²) in [5.74, 6) is 0. The third-order valence-corrected chi connectivity index (χ3v) is 1.83. The highest BCUT2D eigenvalue weighted by atomic mass is 16.3. The van der Waals surface area contributed by atoms with Gasteiger partial charge in [0.05, 0.1) is 0 Å². The molecular formula is C8H17NO. The molecule has 60 valence electrons. The highest BCUT2D eigenvalue weighted by Crippen LogP contribution is 2.19.